The Labute approximate surface area is 88.5 Å². The van der Waals surface area contributed by atoms with E-state index in [1.165, 1.54) is 24.8 Å². The maximum Gasteiger partial charge on any atom is 0.00556 e. The molecule has 0 atom stereocenters. The molecule has 1 heteroatoms. The van der Waals surface area contributed by atoms with Gasteiger partial charge in [-0.1, -0.05) is 19.4 Å². The molecule has 0 saturated heterocycles. The van der Waals surface area contributed by atoms with Gasteiger partial charge in [0.05, 0.1) is 0 Å². The van der Waals surface area contributed by atoms with Crippen LogP contribution in [0.4, 0.5) is 0 Å². The number of hydrogen-bond donors (Lipinski definition) is 0. The van der Waals surface area contributed by atoms with Crippen LogP contribution in [0.5, 0.6) is 0 Å². The summed E-state index contributed by atoms with van der Waals surface area (Å²) in [6.45, 7) is 6.98. The van der Waals surface area contributed by atoms with Gasteiger partial charge in [-0.15, -0.1) is 0 Å². The van der Waals surface area contributed by atoms with Gasteiger partial charge in [0, 0.05) is 14.1 Å². The monoisotopic (exact) mass is 193 g/mol. The van der Waals surface area contributed by atoms with Crippen molar-refractivity contribution in [3.05, 3.63) is 23.4 Å². The molecule has 1 aliphatic carbocycles. The van der Waals surface area contributed by atoms with Gasteiger partial charge in [0.25, 0.3) is 0 Å². The van der Waals surface area contributed by atoms with Gasteiger partial charge in [-0.05, 0) is 49.5 Å². The molecule has 0 aromatic carbocycles. The molecule has 0 N–H and O–H groups in total. The van der Waals surface area contributed by atoms with E-state index in [0.29, 0.717) is 5.41 Å². The Balaban J connectivity index is 2.91. The molecule has 0 heterocycles. The Hall–Kier alpha value is -0.720. The minimum Gasteiger partial charge on any atom is -0.383 e. The zero-order chi connectivity index (χ0) is 10.8. The average Bonchev–Trinajstić information content (AvgIpc) is 2.01. The fourth-order valence-electron chi connectivity index (χ4n) is 2.23. The van der Waals surface area contributed by atoms with Gasteiger partial charge in [-0.2, -0.15) is 0 Å². The van der Waals surface area contributed by atoms with Crippen molar-refractivity contribution in [2.45, 2.75) is 40.0 Å². The lowest BCUT2D eigenvalue weighted by Crippen LogP contribution is -2.19. The molecule has 0 radical (unpaired) electrons. The van der Waals surface area contributed by atoms with Crippen molar-refractivity contribution in [2.24, 2.45) is 5.41 Å². The lowest BCUT2D eigenvalue weighted by atomic mass is 9.73. The van der Waals surface area contributed by atoms with Crippen molar-refractivity contribution < 1.29 is 0 Å². The number of nitrogens with zero attached hydrogens (tertiary/aromatic N) is 1. The number of rotatable bonds is 2. The number of allylic oxidation sites excluding steroid dienone is 3. The third-order valence-electron chi connectivity index (χ3n) is 3.08. The first kappa shape index (κ1) is 11.4. The van der Waals surface area contributed by atoms with E-state index < -0.39 is 0 Å². The number of hydrogen-bond acceptors (Lipinski definition) is 1. The largest absolute Gasteiger partial charge is 0.383 e. The molecule has 0 saturated carbocycles. The van der Waals surface area contributed by atoms with Crippen molar-refractivity contribution in [1.29, 1.82) is 0 Å². The van der Waals surface area contributed by atoms with Crippen LogP contribution in [0.1, 0.15) is 40.0 Å². The topological polar surface area (TPSA) is 3.24 Å². The van der Waals surface area contributed by atoms with E-state index in [1.807, 2.05) is 0 Å². The smallest absolute Gasteiger partial charge is 0.00556 e. The van der Waals surface area contributed by atoms with E-state index in [4.69, 9.17) is 0 Å². The molecule has 0 fully saturated rings. The SMILES string of the molecule is CC1=C(C=CN(C)C)C(C)(C)CCC1. The molecule has 1 aliphatic rings. The van der Waals surface area contributed by atoms with E-state index in [9.17, 15) is 0 Å². The van der Waals surface area contributed by atoms with Crippen LogP contribution in [-0.4, -0.2) is 19.0 Å². The molecule has 0 unspecified atom stereocenters. The van der Waals surface area contributed by atoms with Gasteiger partial charge in [-0.25, -0.2) is 0 Å². The summed E-state index contributed by atoms with van der Waals surface area (Å²) in [4.78, 5) is 2.10. The molecule has 0 amide bonds. The van der Waals surface area contributed by atoms with Gasteiger partial charge >= 0.3 is 0 Å². The maximum atomic E-state index is 2.35. The Morgan fingerprint density at radius 1 is 1.29 bits per heavy atom. The van der Waals surface area contributed by atoms with Gasteiger partial charge < -0.3 is 4.90 Å². The summed E-state index contributed by atoms with van der Waals surface area (Å²) in [6, 6.07) is 0. The second-order valence-electron chi connectivity index (χ2n) is 5.21. The molecule has 0 spiro atoms. The van der Waals surface area contributed by atoms with Crippen LogP contribution in [0.2, 0.25) is 0 Å². The van der Waals surface area contributed by atoms with E-state index in [-0.39, 0.29) is 0 Å². The first-order valence-electron chi connectivity index (χ1n) is 5.48. The molecule has 80 valence electrons. The van der Waals surface area contributed by atoms with Gasteiger partial charge in [0.15, 0.2) is 0 Å². The molecular weight excluding hydrogens is 170 g/mol. The second kappa shape index (κ2) is 4.20. The van der Waals surface area contributed by atoms with E-state index in [1.54, 1.807) is 5.57 Å². The van der Waals surface area contributed by atoms with E-state index >= 15 is 0 Å². The summed E-state index contributed by atoms with van der Waals surface area (Å²) in [7, 11) is 4.14. The predicted octanol–water partition coefficient (Wildman–Crippen LogP) is 3.59. The minimum atomic E-state index is 0.370. The Morgan fingerprint density at radius 3 is 2.43 bits per heavy atom. The van der Waals surface area contributed by atoms with E-state index in [2.05, 4.69) is 52.0 Å². The Bertz CT molecular complexity index is 256. The molecule has 0 aromatic heterocycles. The Kier molecular flexibility index (Phi) is 3.41. The molecular formula is C13H23N. The highest BCUT2D eigenvalue weighted by Crippen LogP contribution is 2.40. The van der Waals surface area contributed by atoms with Crippen LogP contribution >= 0.6 is 0 Å². The van der Waals surface area contributed by atoms with Crippen LogP contribution in [0, 0.1) is 5.41 Å². The van der Waals surface area contributed by atoms with Gasteiger partial charge in [-0.3, -0.25) is 0 Å². The van der Waals surface area contributed by atoms with Crippen molar-refractivity contribution in [2.75, 3.05) is 14.1 Å². The van der Waals surface area contributed by atoms with Crippen LogP contribution in [0.15, 0.2) is 23.4 Å². The zero-order valence-electron chi connectivity index (χ0n) is 10.2. The first-order chi connectivity index (χ1) is 6.43. The van der Waals surface area contributed by atoms with Crippen molar-refractivity contribution in [3.8, 4) is 0 Å². The van der Waals surface area contributed by atoms with Crippen molar-refractivity contribution >= 4 is 0 Å². The lowest BCUT2D eigenvalue weighted by molar-refractivity contribution is 0.375. The molecule has 14 heavy (non-hydrogen) atoms. The summed E-state index contributed by atoms with van der Waals surface area (Å²) in [6.07, 6.45) is 8.38. The van der Waals surface area contributed by atoms with Crippen molar-refractivity contribution in [1.82, 2.24) is 4.90 Å². The van der Waals surface area contributed by atoms with Crippen LogP contribution < -0.4 is 0 Å². The summed E-state index contributed by atoms with van der Waals surface area (Å²) in [5.74, 6) is 0. The van der Waals surface area contributed by atoms with Gasteiger partial charge in [0.2, 0.25) is 0 Å². The highest BCUT2D eigenvalue weighted by Gasteiger charge is 2.26. The quantitative estimate of drug-likeness (QED) is 0.648. The standard InChI is InChI=1S/C13H23N/c1-11-7-6-9-13(2,3)12(11)8-10-14(4)5/h8,10H,6-7,9H2,1-5H3. The minimum absolute atomic E-state index is 0.370. The normalized spacial score (nSPS) is 21.8. The fourth-order valence-corrected chi connectivity index (χ4v) is 2.23. The summed E-state index contributed by atoms with van der Waals surface area (Å²) in [5.41, 5.74) is 3.48. The predicted molar refractivity (Wildman–Crippen MR) is 63.2 cm³/mol. The third-order valence-corrected chi connectivity index (χ3v) is 3.08. The van der Waals surface area contributed by atoms with Gasteiger partial charge in [0.1, 0.15) is 0 Å². The highest BCUT2D eigenvalue weighted by atomic mass is 15.0. The lowest BCUT2D eigenvalue weighted by Gasteiger charge is -2.33. The average molecular weight is 193 g/mol. The first-order valence-corrected chi connectivity index (χ1v) is 5.48. The fraction of sp³-hybridized carbons (Fsp3) is 0.692. The van der Waals surface area contributed by atoms with Crippen LogP contribution in [0.25, 0.3) is 0 Å². The molecule has 1 nitrogen and oxygen atoms in total. The molecule has 0 aromatic rings. The van der Waals surface area contributed by atoms with Crippen LogP contribution in [0.3, 0.4) is 0 Å². The van der Waals surface area contributed by atoms with Crippen LogP contribution in [-0.2, 0) is 0 Å². The maximum absolute atomic E-state index is 2.35. The van der Waals surface area contributed by atoms with E-state index in [0.717, 1.165) is 0 Å². The second-order valence-corrected chi connectivity index (χ2v) is 5.21. The third kappa shape index (κ3) is 2.63. The molecule has 0 bridgehead atoms. The zero-order valence-corrected chi connectivity index (χ0v) is 10.2. The summed E-state index contributed by atoms with van der Waals surface area (Å²) >= 11 is 0. The summed E-state index contributed by atoms with van der Waals surface area (Å²) < 4.78 is 0. The molecule has 0 aliphatic heterocycles. The highest BCUT2D eigenvalue weighted by molar-refractivity contribution is 5.32. The summed E-state index contributed by atoms with van der Waals surface area (Å²) in [5, 5.41) is 0. The van der Waals surface area contributed by atoms with Crippen molar-refractivity contribution in [3.63, 3.8) is 0 Å². The Morgan fingerprint density at radius 2 is 1.93 bits per heavy atom. The molecule has 1 rings (SSSR count).